The Balaban J connectivity index is 3.82. The zero-order valence-corrected chi connectivity index (χ0v) is 9.22. The van der Waals surface area contributed by atoms with E-state index in [2.05, 4.69) is 4.65 Å². The lowest BCUT2D eigenvalue weighted by Crippen LogP contribution is -2.55. The van der Waals surface area contributed by atoms with Crippen LogP contribution in [0.1, 0.15) is 0 Å². The van der Waals surface area contributed by atoms with Crippen LogP contribution in [0.4, 0.5) is 0 Å². The molecule has 0 heterocycles. The highest BCUT2D eigenvalue weighted by atomic mass is 28.4. The lowest BCUT2D eigenvalue weighted by molar-refractivity contribution is 0.119. The van der Waals surface area contributed by atoms with Gasteiger partial charge in [0.05, 0.1) is 10.4 Å². The lowest BCUT2D eigenvalue weighted by Gasteiger charge is -2.22. The zero-order valence-electron chi connectivity index (χ0n) is 6.22. The maximum atomic E-state index is 5.00. The molecule has 0 aromatic rings. The van der Waals surface area contributed by atoms with Crippen molar-refractivity contribution in [3.05, 3.63) is 0 Å². The van der Waals surface area contributed by atoms with E-state index in [0.29, 0.717) is 0 Å². The Morgan fingerprint density at radius 3 is 1.44 bits per heavy atom. The summed E-state index contributed by atoms with van der Waals surface area (Å²) < 4.78 is 18.0. The monoisotopic (exact) mass is 167 g/mol. The molecule has 6 heteroatoms. The molecular formula is C3H13NO3Si2. The van der Waals surface area contributed by atoms with E-state index < -0.39 is 8.97 Å². The molecule has 0 rings (SSSR count). The van der Waals surface area contributed by atoms with Gasteiger partial charge in [0.1, 0.15) is 0 Å². The van der Waals surface area contributed by atoms with Gasteiger partial charge in [-0.2, -0.15) is 0 Å². The van der Waals surface area contributed by atoms with Crippen LogP contribution in [0, 0.1) is 0 Å². The minimum atomic E-state index is -2.38. The maximum absolute atomic E-state index is 5.00. The average molecular weight is 167 g/mol. The second-order valence-electron chi connectivity index (χ2n) is 1.42. The van der Waals surface area contributed by atoms with Crippen LogP contribution in [-0.2, 0) is 13.3 Å². The van der Waals surface area contributed by atoms with E-state index in [1.165, 1.54) is 0 Å². The van der Waals surface area contributed by atoms with Crippen molar-refractivity contribution in [2.24, 2.45) is 0 Å². The lowest BCUT2D eigenvalue weighted by atomic mass is 11.8. The molecule has 0 saturated carbocycles. The molecule has 0 aliphatic heterocycles. The highest BCUT2D eigenvalue weighted by molar-refractivity contribution is 6.63. The second kappa shape index (κ2) is 4.15. The fourth-order valence-electron chi connectivity index (χ4n) is 0.556. The summed E-state index contributed by atoms with van der Waals surface area (Å²) in [5.41, 5.74) is 0. The fraction of sp³-hybridized carbons (Fsp3) is 1.00. The van der Waals surface area contributed by atoms with Crippen LogP contribution in [0.5, 0.6) is 0 Å². The summed E-state index contributed by atoms with van der Waals surface area (Å²) in [5.74, 6) is 0. The quantitative estimate of drug-likeness (QED) is 0.503. The first-order chi connectivity index (χ1) is 4.24. The molecule has 1 N–H and O–H groups in total. The van der Waals surface area contributed by atoms with Crippen molar-refractivity contribution in [1.29, 1.82) is 0 Å². The first-order valence-corrected chi connectivity index (χ1v) is 5.31. The number of hydrogen-bond acceptors (Lipinski definition) is 4. The molecule has 0 aliphatic carbocycles. The third-order valence-corrected chi connectivity index (χ3v) is 5.17. The highest BCUT2D eigenvalue weighted by Gasteiger charge is 2.36. The van der Waals surface area contributed by atoms with Crippen LogP contribution in [0.25, 0.3) is 0 Å². The second-order valence-corrected chi connectivity index (χ2v) is 5.76. The van der Waals surface area contributed by atoms with Crippen LogP contribution in [0.15, 0.2) is 0 Å². The molecule has 0 radical (unpaired) electrons. The van der Waals surface area contributed by atoms with Gasteiger partial charge in [-0.15, -0.1) is 0 Å². The molecule has 0 saturated heterocycles. The van der Waals surface area contributed by atoms with E-state index >= 15 is 0 Å². The smallest absolute Gasteiger partial charge is 0.365 e. The van der Waals surface area contributed by atoms with Crippen LogP contribution in [0.2, 0.25) is 0 Å². The van der Waals surface area contributed by atoms with Crippen LogP contribution < -0.4 is 4.65 Å². The number of hydrogen-bond donors (Lipinski definition) is 1. The highest BCUT2D eigenvalue weighted by Crippen LogP contribution is 1.97. The van der Waals surface area contributed by atoms with E-state index in [1.54, 1.807) is 21.3 Å². The molecule has 4 nitrogen and oxygen atoms in total. The van der Waals surface area contributed by atoms with Crippen LogP contribution in [0.3, 0.4) is 0 Å². The van der Waals surface area contributed by atoms with Gasteiger partial charge in [-0.1, -0.05) is 0 Å². The predicted octanol–water partition coefficient (Wildman–Crippen LogP) is -1.77. The van der Waals surface area contributed by atoms with Crippen molar-refractivity contribution in [1.82, 2.24) is 4.65 Å². The van der Waals surface area contributed by atoms with Crippen LogP contribution in [-0.4, -0.2) is 40.7 Å². The molecule has 9 heavy (non-hydrogen) atoms. The van der Waals surface area contributed by atoms with Crippen molar-refractivity contribution in [2.45, 2.75) is 0 Å². The summed E-state index contributed by atoms with van der Waals surface area (Å²) in [7, 11) is 3.15. The molecule has 0 aliphatic rings. The molecule has 0 fully saturated rings. The van der Waals surface area contributed by atoms with Gasteiger partial charge in [0.25, 0.3) is 0 Å². The van der Waals surface area contributed by atoms with Gasteiger partial charge in [-0.25, -0.2) is 0 Å². The summed E-state index contributed by atoms with van der Waals surface area (Å²) in [6.45, 7) is 0. The molecular weight excluding hydrogens is 154 g/mol. The SMILES string of the molecule is CO[Si](N[SiH3])(OC)OC. The summed E-state index contributed by atoms with van der Waals surface area (Å²) in [4.78, 5) is 0. The number of nitrogens with one attached hydrogen (secondary N) is 1. The fourth-order valence-corrected chi connectivity index (χ4v) is 3.51. The van der Waals surface area contributed by atoms with Crippen molar-refractivity contribution in [3.8, 4) is 0 Å². The Hall–Kier alpha value is 0.274. The summed E-state index contributed by atoms with van der Waals surface area (Å²) >= 11 is 0. The molecule has 0 unspecified atom stereocenters. The number of rotatable bonds is 4. The molecule has 56 valence electrons. The third kappa shape index (κ3) is 2.16. The van der Waals surface area contributed by atoms with E-state index in [0.717, 1.165) is 10.4 Å². The Morgan fingerprint density at radius 2 is 1.44 bits per heavy atom. The Morgan fingerprint density at radius 1 is 1.11 bits per heavy atom. The third-order valence-electron chi connectivity index (χ3n) is 1.11. The van der Waals surface area contributed by atoms with E-state index in [4.69, 9.17) is 13.3 Å². The Kier molecular flexibility index (Phi) is 4.27. The first-order valence-electron chi connectivity index (χ1n) is 2.59. The van der Waals surface area contributed by atoms with Crippen molar-refractivity contribution < 1.29 is 13.3 Å². The molecule has 0 spiro atoms. The van der Waals surface area contributed by atoms with Crippen molar-refractivity contribution >= 4 is 19.4 Å². The molecule has 0 atom stereocenters. The minimum Gasteiger partial charge on any atom is -0.365 e. The molecule has 0 aromatic heterocycles. The van der Waals surface area contributed by atoms with Crippen LogP contribution >= 0.6 is 0 Å². The van der Waals surface area contributed by atoms with E-state index in [1.807, 2.05) is 0 Å². The van der Waals surface area contributed by atoms with E-state index in [9.17, 15) is 0 Å². The molecule has 0 bridgehead atoms. The molecule has 0 amide bonds. The standard InChI is InChI=1S/C3H13NO3Si2/c1-5-9(4-8,6-2)7-3/h4H,1-3,8H3. The normalized spacial score (nSPS) is 12.3. The summed E-state index contributed by atoms with van der Waals surface area (Å²) in [6, 6.07) is 0. The maximum Gasteiger partial charge on any atom is 0.588 e. The average Bonchev–Trinajstić information content (AvgIpc) is 1.95. The minimum absolute atomic E-state index is 0.812. The first kappa shape index (κ1) is 9.27. The topological polar surface area (TPSA) is 39.7 Å². The summed E-state index contributed by atoms with van der Waals surface area (Å²) in [6.07, 6.45) is 0. The largest absolute Gasteiger partial charge is 0.588 e. The van der Waals surface area contributed by atoms with Crippen molar-refractivity contribution in [3.63, 3.8) is 0 Å². The Labute approximate surface area is 59.4 Å². The Bertz CT molecular complexity index is 59.9. The predicted molar refractivity (Wildman–Crippen MR) is 39.9 cm³/mol. The van der Waals surface area contributed by atoms with E-state index in [-0.39, 0.29) is 0 Å². The van der Waals surface area contributed by atoms with Gasteiger partial charge in [0.15, 0.2) is 0 Å². The van der Waals surface area contributed by atoms with Gasteiger partial charge in [-0.05, 0) is 0 Å². The van der Waals surface area contributed by atoms with Gasteiger partial charge in [0.2, 0.25) is 0 Å². The zero-order chi connectivity index (χ0) is 7.33. The van der Waals surface area contributed by atoms with Gasteiger partial charge in [-0.3, -0.25) is 4.65 Å². The van der Waals surface area contributed by atoms with Gasteiger partial charge in [0, 0.05) is 21.3 Å². The van der Waals surface area contributed by atoms with Crippen molar-refractivity contribution in [2.75, 3.05) is 21.3 Å². The van der Waals surface area contributed by atoms with Gasteiger partial charge < -0.3 is 13.3 Å². The molecule has 0 aromatic carbocycles. The van der Waals surface area contributed by atoms with Gasteiger partial charge >= 0.3 is 8.97 Å². The summed E-state index contributed by atoms with van der Waals surface area (Å²) in [5, 5.41) is 0.